The quantitative estimate of drug-likeness (QED) is 0.781. The topological polar surface area (TPSA) is 55.1 Å². The van der Waals surface area contributed by atoms with Gasteiger partial charge in [-0.15, -0.1) is 0 Å². The molecule has 1 N–H and O–H groups in total. The van der Waals surface area contributed by atoms with Gasteiger partial charge in [0.1, 0.15) is 0 Å². The Balaban J connectivity index is 2.78. The van der Waals surface area contributed by atoms with E-state index in [1.807, 2.05) is 0 Å². The molecule has 0 saturated heterocycles. The van der Waals surface area contributed by atoms with Crippen LogP contribution in [-0.4, -0.2) is 20.9 Å². The SMILES string of the molecule is CCCCC(C(=O)O)c1ccnn1C. The second-order valence-corrected chi connectivity index (χ2v) is 3.41. The lowest BCUT2D eigenvalue weighted by Gasteiger charge is -2.11. The number of rotatable bonds is 5. The highest BCUT2D eigenvalue weighted by molar-refractivity contribution is 5.75. The van der Waals surface area contributed by atoms with Crippen molar-refractivity contribution in [2.45, 2.75) is 32.1 Å². The predicted molar refractivity (Wildman–Crippen MR) is 53.1 cm³/mol. The minimum absolute atomic E-state index is 0.414. The van der Waals surface area contributed by atoms with Gasteiger partial charge in [0, 0.05) is 13.2 Å². The maximum atomic E-state index is 11.0. The average molecular weight is 196 g/mol. The van der Waals surface area contributed by atoms with E-state index in [0.717, 1.165) is 18.5 Å². The third-order valence-corrected chi connectivity index (χ3v) is 2.36. The number of hydrogen-bond acceptors (Lipinski definition) is 2. The molecule has 0 amide bonds. The van der Waals surface area contributed by atoms with Crippen LogP contribution in [0.15, 0.2) is 12.3 Å². The Hall–Kier alpha value is -1.32. The van der Waals surface area contributed by atoms with Crippen LogP contribution in [0.3, 0.4) is 0 Å². The van der Waals surface area contributed by atoms with Crippen LogP contribution in [0.2, 0.25) is 0 Å². The van der Waals surface area contributed by atoms with Crippen molar-refractivity contribution in [2.75, 3.05) is 0 Å². The zero-order valence-electron chi connectivity index (χ0n) is 8.60. The number of unbranched alkanes of at least 4 members (excludes halogenated alkanes) is 1. The summed E-state index contributed by atoms with van der Waals surface area (Å²) in [6.07, 6.45) is 4.27. The van der Waals surface area contributed by atoms with Crippen molar-refractivity contribution in [3.63, 3.8) is 0 Å². The lowest BCUT2D eigenvalue weighted by atomic mass is 9.99. The van der Waals surface area contributed by atoms with E-state index in [4.69, 9.17) is 5.11 Å². The molecule has 0 radical (unpaired) electrons. The number of aryl methyl sites for hydroxylation is 1. The van der Waals surface area contributed by atoms with Gasteiger partial charge < -0.3 is 5.11 Å². The number of carboxylic acid groups (broad SMARTS) is 1. The van der Waals surface area contributed by atoms with Crippen LogP contribution in [0.5, 0.6) is 0 Å². The molecule has 1 aromatic rings. The summed E-state index contributed by atoms with van der Waals surface area (Å²) >= 11 is 0. The fourth-order valence-corrected chi connectivity index (χ4v) is 1.53. The summed E-state index contributed by atoms with van der Waals surface area (Å²) in [7, 11) is 1.78. The normalized spacial score (nSPS) is 12.7. The Bertz CT molecular complexity index is 307. The predicted octanol–water partition coefficient (Wildman–Crippen LogP) is 1.78. The van der Waals surface area contributed by atoms with Gasteiger partial charge in [0.15, 0.2) is 0 Å². The maximum absolute atomic E-state index is 11.0. The summed E-state index contributed by atoms with van der Waals surface area (Å²) in [5.41, 5.74) is 0.783. The van der Waals surface area contributed by atoms with E-state index < -0.39 is 11.9 Å². The van der Waals surface area contributed by atoms with Crippen molar-refractivity contribution in [2.24, 2.45) is 7.05 Å². The largest absolute Gasteiger partial charge is 0.481 e. The van der Waals surface area contributed by atoms with E-state index in [1.54, 1.807) is 24.0 Å². The molecule has 0 bridgehead atoms. The van der Waals surface area contributed by atoms with Crippen molar-refractivity contribution < 1.29 is 9.90 Å². The van der Waals surface area contributed by atoms with Gasteiger partial charge in [0.2, 0.25) is 0 Å². The molecular weight excluding hydrogens is 180 g/mol. The highest BCUT2D eigenvalue weighted by atomic mass is 16.4. The van der Waals surface area contributed by atoms with Crippen LogP contribution in [0.1, 0.15) is 37.8 Å². The van der Waals surface area contributed by atoms with Gasteiger partial charge in [-0.05, 0) is 12.5 Å². The number of aliphatic carboxylic acids is 1. The van der Waals surface area contributed by atoms with E-state index in [-0.39, 0.29) is 0 Å². The van der Waals surface area contributed by atoms with Crippen LogP contribution in [0.4, 0.5) is 0 Å². The van der Waals surface area contributed by atoms with Crippen molar-refractivity contribution in [3.8, 4) is 0 Å². The monoisotopic (exact) mass is 196 g/mol. The van der Waals surface area contributed by atoms with Crippen LogP contribution >= 0.6 is 0 Å². The van der Waals surface area contributed by atoms with Crippen LogP contribution in [-0.2, 0) is 11.8 Å². The standard InChI is InChI=1S/C10H16N2O2/c1-3-4-5-8(10(13)14)9-6-7-11-12(9)2/h6-8H,3-5H2,1-2H3,(H,13,14). The van der Waals surface area contributed by atoms with Gasteiger partial charge in [-0.1, -0.05) is 19.8 Å². The molecule has 0 fully saturated rings. The maximum Gasteiger partial charge on any atom is 0.312 e. The first-order chi connectivity index (χ1) is 6.66. The molecule has 1 heterocycles. The van der Waals surface area contributed by atoms with Crippen molar-refractivity contribution in [1.29, 1.82) is 0 Å². The van der Waals surface area contributed by atoms with Gasteiger partial charge >= 0.3 is 5.97 Å². The average Bonchev–Trinajstić information content (AvgIpc) is 2.52. The molecule has 0 spiro atoms. The summed E-state index contributed by atoms with van der Waals surface area (Å²) in [5, 5.41) is 13.0. The molecule has 1 atom stereocenters. The molecule has 0 aliphatic carbocycles. The number of aromatic nitrogens is 2. The van der Waals surface area contributed by atoms with E-state index in [1.165, 1.54) is 0 Å². The minimum atomic E-state index is -0.762. The van der Waals surface area contributed by atoms with Gasteiger partial charge in [0.25, 0.3) is 0 Å². The second-order valence-electron chi connectivity index (χ2n) is 3.41. The van der Waals surface area contributed by atoms with Crippen LogP contribution < -0.4 is 0 Å². The van der Waals surface area contributed by atoms with Crippen molar-refractivity contribution in [3.05, 3.63) is 18.0 Å². The first kappa shape index (κ1) is 10.8. The van der Waals surface area contributed by atoms with Crippen molar-refractivity contribution >= 4 is 5.97 Å². The van der Waals surface area contributed by atoms with Gasteiger partial charge in [-0.25, -0.2) is 0 Å². The number of hydrogen-bond donors (Lipinski definition) is 1. The fraction of sp³-hybridized carbons (Fsp3) is 0.600. The Labute approximate surface area is 83.5 Å². The fourth-order valence-electron chi connectivity index (χ4n) is 1.53. The Morgan fingerprint density at radius 2 is 2.43 bits per heavy atom. The van der Waals surface area contributed by atoms with Gasteiger partial charge in [0.05, 0.1) is 11.6 Å². The number of carbonyl (C=O) groups is 1. The third-order valence-electron chi connectivity index (χ3n) is 2.36. The zero-order chi connectivity index (χ0) is 10.6. The number of carboxylic acids is 1. The summed E-state index contributed by atoms with van der Waals surface area (Å²) in [4.78, 5) is 11.0. The Morgan fingerprint density at radius 3 is 2.86 bits per heavy atom. The first-order valence-electron chi connectivity index (χ1n) is 4.87. The molecule has 0 aliphatic heterocycles. The summed E-state index contributed by atoms with van der Waals surface area (Å²) in [6, 6.07) is 1.77. The third kappa shape index (κ3) is 2.34. The zero-order valence-corrected chi connectivity index (χ0v) is 8.60. The molecule has 0 aliphatic rings. The van der Waals surface area contributed by atoms with E-state index in [0.29, 0.717) is 6.42 Å². The van der Waals surface area contributed by atoms with Crippen molar-refractivity contribution in [1.82, 2.24) is 9.78 Å². The van der Waals surface area contributed by atoms with E-state index in [2.05, 4.69) is 12.0 Å². The molecule has 1 unspecified atom stereocenters. The van der Waals surface area contributed by atoms with E-state index in [9.17, 15) is 4.79 Å². The van der Waals surface area contributed by atoms with E-state index >= 15 is 0 Å². The van der Waals surface area contributed by atoms with Crippen LogP contribution in [0.25, 0.3) is 0 Å². The Morgan fingerprint density at radius 1 is 1.71 bits per heavy atom. The van der Waals surface area contributed by atoms with Gasteiger partial charge in [-0.2, -0.15) is 5.10 Å². The summed E-state index contributed by atoms with van der Waals surface area (Å²) in [6.45, 7) is 2.06. The minimum Gasteiger partial charge on any atom is -0.481 e. The first-order valence-corrected chi connectivity index (χ1v) is 4.87. The molecule has 1 aromatic heterocycles. The Kier molecular flexibility index (Phi) is 3.68. The van der Waals surface area contributed by atoms with Crippen LogP contribution in [0, 0.1) is 0 Å². The molecular formula is C10H16N2O2. The van der Waals surface area contributed by atoms with Gasteiger partial charge in [-0.3, -0.25) is 9.48 Å². The smallest absolute Gasteiger partial charge is 0.312 e. The molecule has 14 heavy (non-hydrogen) atoms. The highest BCUT2D eigenvalue weighted by Crippen LogP contribution is 2.21. The second kappa shape index (κ2) is 4.79. The molecule has 1 rings (SSSR count). The molecule has 4 nitrogen and oxygen atoms in total. The highest BCUT2D eigenvalue weighted by Gasteiger charge is 2.21. The number of nitrogens with zero attached hydrogens (tertiary/aromatic N) is 2. The summed E-state index contributed by atoms with van der Waals surface area (Å²) < 4.78 is 1.63. The lowest BCUT2D eigenvalue weighted by Crippen LogP contribution is -2.15. The molecule has 0 aromatic carbocycles. The summed E-state index contributed by atoms with van der Waals surface area (Å²) in [5.74, 6) is -1.18. The lowest BCUT2D eigenvalue weighted by molar-refractivity contribution is -0.139. The molecule has 78 valence electrons. The molecule has 0 saturated carbocycles. The molecule has 4 heteroatoms.